The van der Waals surface area contributed by atoms with Gasteiger partial charge in [0.15, 0.2) is 0 Å². The van der Waals surface area contributed by atoms with E-state index < -0.39 is 0 Å². The Morgan fingerprint density at radius 1 is 0.862 bits per heavy atom. The molecule has 0 N–H and O–H groups in total. The van der Waals surface area contributed by atoms with Gasteiger partial charge >= 0.3 is 5.97 Å². The Morgan fingerprint density at radius 3 is 1.83 bits per heavy atom. The fourth-order valence-electron chi connectivity index (χ4n) is 2.22. The van der Waals surface area contributed by atoms with Gasteiger partial charge < -0.3 is 9.47 Å². The van der Waals surface area contributed by atoms with E-state index in [1.54, 1.807) is 0 Å². The normalized spacial score (nSPS) is 10.6. The summed E-state index contributed by atoms with van der Waals surface area (Å²) < 4.78 is 10.8. The van der Waals surface area contributed by atoms with Crippen LogP contribution in [0.3, 0.4) is 0 Å². The second-order valence-electron chi connectivity index (χ2n) is 8.07. The largest absolute Gasteiger partial charge is 0.460 e. The van der Waals surface area contributed by atoms with E-state index in [9.17, 15) is 4.79 Å². The van der Waals surface area contributed by atoms with E-state index in [0.29, 0.717) is 6.61 Å². The molecule has 0 bridgehead atoms. The number of ether oxygens (including phenoxy) is 2. The molecule has 162 valence electrons. The van der Waals surface area contributed by atoms with Crippen LogP contribution in [-0.2, 0) is 20.9 Å². The fraction of sp³-hybridized carbons (Fsp3) is 0.500. The van der Waals surface area contributed by atoms with Gasteiger partial charge in [-0.15, -0.1) is 0 Å². The molecule has 0 amide bonds. The Bertz CT molecular complexity index is 683. The SMILES string of the molecule is CC.CC(C)C(=O)OC(C)(C)C.CC(C)OCc1ccccc1-c1ccccc1. The summed E-state index contributed by atoms with van der Waals surface area (Å²) in [5.41, 5.74) is 3.40. The third-order valence-electron chi connectivity index (χ3n) is 3.55. The molecule has 0 fully saturated rings. The van der Waals surface area contributed by atoms with Gasteiger partial charge in [0.1, 0.15) is 5.60 Å². The summed E-state index contributed by atoms with van der Waals surface area (Å²) in [5.74, 6) is -0.160. The lowest BCUT2D eigenvalue weighted by molar-refractivity contribution is -0.158. The lowest BCUT2D eigenvalue weighted by Crippen LogP contribution is -2.26. The zero-order valence-corrected chi connectivity index (χ0v) is 19.8. The van der Waals surface area contributed by atoms with Crippen LogP contribution in [0.1, 0.15) is 67.9 Å². The van der Waals surface area contributed by atoms with E-state index in [-0.39, 0.29) is 23.6 Å². The number of benzene rings is 2. The molecule has 0 aliphatic heterocycles. The van der Waals surface area contributed by atoms with Crippen molar-refractivity contribution in [1.29, 1.82) is 0 Å². The predicted molar refractivity (Wildman–Crippen MR) is 124 cm³/mol. The van der Waals surface area contributed by atoms with E-state index >= 15 is 0 Å². The van der Waals surface area contributed by atoms with Crippen LogP contribution < -0.4 is 0 Å². The third kappa shape index (κ3) is 12.1. The highest BCUT2D eigenvalue weighted by Crippen LogP contribution is 2.24. The lowest BCUT2D eigenvalue weighted by atomic mass is 10.0. The summed E-state index contributed by atoms with van der Waals surface area (Å²) in [4.78, 5) is 10.9. The van der Waals surface area contributed by atoms with Crippen molar-refractivity contribution in [3.8, 4) is 11.1 Å². The van der Waals surface area contributed by atoms with Crippen molar-refractivity contribution < 1.29 is 14.3 Å². The summed E-state index contributed by atoms with van der Waals surface area (Å²) >= 11 is 0. The van der Waals surface area contributed by atoms with Crippen LogP contribution in [0.2, 0.25) is 0 Å². The molecule has 0 spiro atoms. The Morgan fingerprint density at radius 2 is 1.38 bits per heavy atom. The van der Waals surface area contributed by atoms with Crippen LogP contribution in [0.5, 0.6) is 0 Å². The van der Waals surface area contributed by atoms with E-state index in [0.717, 1.165) is 0 Å². The molecule has 0 atom stereocenters. The predicted octanol–water partition coefficient (Wildman–Crippen LogP) is 7.29. The first-order valence-electron chi connectivity index (χ1n) is 10.6. The summed E-state index contributed by atoms with van der Waals surface area (Å²) in [6.07, 6.45) is 0.263. The highest BCUT2D eigenvalue weighted by atomic mass is 16.6. The molecule has 2 rings (SSSR count). The minimum absolute atomic E-state index is 0.0285. The zero-order chi connectivity index (χ0) is 22.4. The van der Waals surface area contributed by atoms with Crippen molar-refractivity contribution in [3.63, 3.8) is 0 Å². The van der Waals surface area contributed by atoms with Crippen molar-refractivity contribution in [2.45, 2.75) is 80.6 Å². The van der Waals surface area contributed by atoms with Gasteiger partial charge in [0.25, 0.3) is 0 Å². The maximum atomic E-state index is 10.9. The standard InChI is InChI=1S/C16H18O.C8H16O2.C2H6/c1-13(2)17-12-15-10-6-7-11-16(15)14-8-4-3-5-9-14;1-6(2)7(9)10-8(3,4)5;1-2/h3-11,13H,12H2,1-2H3;6H,1-5H3;1-2H3. The number of rotatable bonds is 5. The van der Waals surface area contributed by atoms with Crippen LogP contribution in [0.15, 0.2) is 54.6 Å². The Balaban J connectivity index is 0.000000563. The van der Waals surface area contributed by atoms with Crippen LogP contribution in [0, 0.1) is 5.92 Å². The number of esters is 1. The Kier molecular flexibility index (Phi) is 12.9. The molecule has 3 heteroatoms. The second kappa shape index (κ2) is 13.9. The number of hydrogen-bond donors (Lipinski definition) is 0. The van der Waals surface area contributed by atoms with Gasteiger partial charge in [0, 0.05) is 0 Å². The molecule has 0 aliphatic rings. The molecule has 0 radical (unpaired) electrons. The minimum atomic E-state index is -0.346. The number of hydrogen-bond acceptors (Lipinski definition) is 3. The first kappa shape index (κ1) is 26.9. The second-order valence-corrected chi connectivity index (χ2v) is 8.07. The van der Waals surface area contributed by atoms with E-state index in [1.807, 2.05) is 54.5 Å². The van der Waals surface area contributed by atoms with Gasteiger partial charge in [-0.1, -0.05) is 82.3 Å². The van der Waals surface area contributed by atoms with Crippen LogP contribution in [0.4, 0.5) is 0 Å². The average Bonchev–Trinajstić information content (AvgIpc) is 2.68. The quantitative estimate of drug-likeness (QED) is 0.494. The van der Waals surface area contributed by atoms with Crippen molar-refractivity contribution in [1.82, 2.24) is 0 Å². The molecule has 0 saturated carbocycles. The van der Waals surface area contributed by atoms with Gasteiger partial charge in [-0.2, -0.15) is 0 Å². The van der Waals surface area contributed by atoms with Gasteiger partial charge in [0.05, 0.1) is 18.6 Å². The number of carbonyl (C=O) groups is 1. The molecule has 2 aromatic rings. The topological polar surface area (TPSA) is 35.5 Å². The Labute approximate surface area is 178 Å². The molecular formula is C26H40O3. The minimum Gasteiger partial charge on any atom is -0.460 e. The molecular weight excluding hydrogens is 360 g/mol. The van der Waals surface area contributed by atoms with Crippen LogP contribution in [-0.4, -0.2) is 17.7 Å². The zero-order valence-electron chi connectivity index (χ0n) is 19.8. The molecule has 0 aromatic heterocycles. The van der Waals surface area contributed by atoms with Crippen LogP contribution in [0.25, 0.3) is 11.1 Å². The third-order valence-corrected chi connectivity index (χ3v) is 3.55. The molecule has 0 unspecified atom stereocenters. The molecule has 29 heavy (non-hydrogen) atoms. The molecule has 3 nitrogen and oxygen atoms in total. The lowest BCUT2D eigenvalue weighted by Gasteiger charge is -2.20. The molecule has 0 saturated heterocycles. The summed E-state index contributed by atoms with van der Waals surface area (Å²) in [6.45, 7) is 18.1. The maximum absolute atomic E-state index is 10.9. The summed E-state index contributed by atoms with van der Waals surface area (Å²) in [6, 6.07) is 18.8. The van der Waals surface area contributed by atoms with Crippen molar-refractivity contribution >= 4 is 5.97 Å². The fourth-order valence-corrected chi connectivity index (χ4v) is 2.22. The highest BCUT2D eigenvalue weighted by molar-refractivity contribution is 5.71. The van der Waals surface area contributed by atoms with E-state index in [1.165, 1.54) is 16.7 Å². The van der Waals surface area contributed by atoms with Crippen molar-refractivity contribution in [2.24, 2.45) is 5.92 Å². The first-order chi connectivity index (χ1) is 13.6. The van der Waals surface area contributed by atoms with Gasteiger partial charge in [0.2, 0.25) is 0 Å². The van der Waals surface area contributed by atoms with Crippen molar-refractivity contribution in [3.05, 3.63) is 60.2 Å². The van der Waals surface area contributed by atoms with E-state index in [2.05, 4.69) is 62.4 Å². The highest BCUT2D eigenvalue weighted by Gasteiger charge is 2.18. The molecule has 0 heterocycles. The monoisotopic (exact) mass is 400 g/mol. The smallest absolute Gasteiger partial charge is 0.308 e. The number of carbonyl (C=O) groups excluding carboxylic acids is 1. The summed E-state index contributed by atoms with van der Waals surface area (Å²) in [7, 11) is 0. The average molecular weight is 401 g/mol. The van der Waals surface area contributed by atoms with Gasteiger partial charge in [-0.25, -0.2) is 0 Å². The maximum Gasteiger partial charge on any atom is 0.308 e. The van der Waals surface area contributed by atoms with Gasteiger partial charge in [-0.05, 0) is 51.3 Å². The molecule has 0 aliphatic carbocycles. The first-order valence-corrected chi connectivity index (χ1v) is 10.6. The Hall–Kier alpha value is -2.13. The van der Waals surface area contributed by atoms with Crippen LogP contribution >= 0.6 is 0 Å². The summed E-state index contributed by atoms with van der Waals surface area (Å²) in [5, 5.41) is 0. The van der Waals surface area contributed by atoms with E-state index in [4.69, 9.17) is 9.47 Å². The van der Waals surface area contributed by atoms with Gasteiger partial charge in [-0.3, -0.25) is 4.79 Å². The molecule has 2 aromatic carbocycles. The van der Waals surface area contributed by atoms with Crippen molar-refractivity contribution in [2.75, 3.05) is 0 Å².